The van der Waals surface area contributed by atoms with Crippen molar-refractivity contribution < 1.29 is 24.2 Å². The highest BCUT2D eigenvalue weighted by molar-refractivity contribution is 6.78. The summed E-state index contributed by atoms with van der Waals surface area (Å²) in [6.07, 6.45) is 2.94. The molecule has 3 unspecified atom stereocenters. The molecule has 0 saturated carbocycles. The second-order valence-corrected chi connectivity index (χ2v) is 15.4. The van der Waals surface area contributed by atoms with Crippen molar-refractivity contribution in [3.05, 3.63) is 0 Å². The van der Waals surface area contributed by atoms with Crippen LogP contribution in [0.25, 0.3) is 0 Å². The Balaban J connectivity index is 1.96. The van der Waals surface area contributed by atoms with Gasteiger partial charge in [-0.15, -0.1) is 0 Å². The Morgan fingerprint density at radius 3 is 2.38 bits per heavy atom. The van der Waals surface area contributed by atoms with Crippen LogP contribution in [0.5, 0.6) is 0 Å². The number of carbonyl (C=O) groups is 3. The first-order valence-corrected chi connectivity index (χ1v) is 13.8. The number of carbonyl (C=O) groups excluding carboxylic acids is 2. The summed E-state index contributed by atoms with van der Waals surface area (Å²) in [7, 11) is -2.11. The van der Waals surface area contributed by atoms with E-state index in [1.54, 1.807) is 9.47 Å². The lowest BCUT2D eigenvalue weighted by atomic mass is 9.82. The van der Waals surface area contributed by atoms with Crippen molar-refractivity contribution in [2.24, 2.45) is 11.8 Å². The molecule has 2 aliphatic rings. The van der Waals surface area contributed by atoms with Crippen LogP contribution >= 0.6 is 0 Å². The largest absolute Gasteiger partial charge is 0.480 e. The number of likely N-dealkylation sites (tertiary alicyclic amines) is 1. The second-order valence-electron chi connectivity index (χ2n) is 10.4. The van der Waals surface area contributed by atoms with Crippen molar-refractivity contribution in [3.8, 4) is 0 Å². The van der Waals surface area contributed by atoms with Crippen molar-refractivity contribution in [3.63, 3.8) is 0 Å². The van der Waals surface area contributed by atoms with Crippen LogP contribution in [0.1, 0.15) is 60.3 Å². The van der Waals surface area contributed by atoms with E-state index in [0.29, 0.717) is 25.1 Å². The minimum atomic E-state index is -2.11. The van der Waals surface area contributed by atoms with Crippen LogP contribution in [0.15, 0.2) is 0 Å². The van der Waals surface area contributed by atoms with Gasteiger partial charge in [0.1, 0.15) is 11.6 Å². The Morgan fingerprint density at radius 2 is 1.86 bits per heavy atom. The van der Waals surface area contributed by atoms with Gasteiger partial charge in [-0.05, 0) is 57.9 Å². The molecule has 2 heterocycles. The summed E-state index contributed by atoms with van der Waals surface area (Å²) in [6, 6.07) is -0.697. The molecule has 0 aromatic heterocycles. The molecule has 29 heavy (non-hydrogen) atoms. The molecule has 0 aliphatic carbocycles. The summed E-state index contributed by atoms with van der Waals surface area (Å²) < 4.78 is 7.17. The van der Waals surface area contributed by atoms with E-state index in [9.17, 15) is 19.5 Å². The molecule has 2 amide bonds. The van der Waals surface area contributed by atoms with Crippen LogP contribution in [0.3, 0.4) is 0 Å². The molecule has 0 aromatic carbocycles. The van der Waals surface area contributed by atoms with Gasteiger partial charge in [-0.2, -0.15) is 0 Å². The molecule has 0 spiro atoms. The SMILES string of the molecule is CC(C)[Si](C)(C)N1C(=O)C(CCC2CCCN(C(=O)OC(C)(C)C)C2)C1C(=O)O. The fourth-order valence-electron chi connectivity index (χ4n) is 4.24. The summed E-state index contributed by atoms with van der Waals surface area (Å²) in [4.78, 5) is 38.8. The zero-order valence-electron chi connectivity index (χ0n) is 19.0. The maximum atomic E-state index is 12.8. The summed E-state index contributed by atoms with van der Waals surface area (Å²) in [5.74, 6) is -1.05. The number of carboxylic acid groups (broad SMARTS) is 1. The second kappa shape index (κ2) is 8.66. The first kappa shape index (κ1) is 23.7. The van der Waals surface area contributed by atoms with E-state index >= 15 is 0 Å². The van der Waals surface area contributed by atoms with Gasteiger partial charge in [0.2, 0.25) is 5.91 Å². The quantitative estimate of drug-likeness (QED) is 0.513. The van der Waals surface area contributed by atoms with E-state index in [0.717, 1.165) is 19.3 Å². The fraction of sp³-hybridized carbons (Fsp3) is 0.857. The van der Waals surface area contributed by atoms with E-state index in [-0.39, 0.29) is 17.9 Å². The number of hydrogen-bond acceptors (Lipinski definition) is 4. The molecule has 0 bridgehead atoms. The molecular formula is C21H38N2O5Si. The molecule has 0 aromatic rings. The highest BCUT2D eigenvalue weighted by Gasteiger charge is 2.57. The summed E-state index contributed by atoms with van der Waals surface area (Å²) in [5.41, 5.74) is -0.219. The summed E-state index contributed by atoms with van der Waals surface area (Å²) in [6.45, 7) is 15.1. The minimum Gasteiger partial charge on any atom is -0.480 e. The highest BCUT2D eigenvalue weighted by Crippen LogP contribution is 2.40. The third-order valence-corrected chi connectivity index (χ3v) is 11.1. The summed E-state index contributed by atoms with van der Waals surface area (Å²) >= 11 is 0. The van der Waals surface area contributed by atoms with E-state index in [1.807, 2.05) is 20.8 Å². The number of aliphatic carboxylic acids is 1. The first-order valence-electron chi connectivity index (χ1n) is 10.8. The number of amides is 2. The number of β-lactam (4-membered cyclic amide) rings is 1. The monoisotopic (exact) mass is 426 g/mol. The average Bonchev–Trinajstić information content (AvgIpc) is 2.57. The molecule has 3 atom stereocenters. The molecule has 2 aliphatic heterocycles. The van der Waals surface area contributed by atoms with Crippen LogP contribution in [0, 0.1) is 11.8 Å². The van der Waals surface area contributed by atoms with Gasteiger partial charge in [-0.1, -0.05) is 26.9 Å². The van der Waals surface area contributed by atoms with Crippen LogP contribution in [0.2, 0.25) is 18.6 Å². The van der Waals surface area contributed by atoms with E-state index in [4.69, 9.17) is 4.74 Å². The number of carboxylic acids is 1. The molecule has 166 valence electrons. The van der Waals surface area contributed by atoms with Gasteiger partial charge in [-0.3, -0.25) is 4.79 Å². The molecule has 8 heteroatoms. The highest BCUT2D eigenvalue weighted by atomic mass is 28.3. The Labute approximate surface area is 175 Å². The van der Waals surface area contributed by atoms with Gasteiger partial charge in [0, 0.05) is 13.1 Å². The number of hydrogen-bond donors (Lipinski definition) is 1. The standard InChI is InChI=1S/C21H38N2O5Si/c1-14(2)29(6,7)23-17(19(25)26)16(18(23)24)11-10-15-9-8-12-22(13-15)20(27)28-21(3,4)5/h14-17H,8-13H2,1-7H3,(H,25,26). The van der Waals surface area contributed by atoms with Crippen molar-refractivity contribution in [2.45, 2.75) is 90.6 Å². The van der Waals surface area contributed by atoms with Crippen LogP contribution < -0.4 is 0 Å². The van der Waals surface area contributed by atoms with Gasteiger partial charge in [0.15, 0.2) is 8.24 Å². The van der Waals surface area contributed by atoms with Gasteiger partial charge in [0.05, 0.1) is 5.92 Å². The van der Waals surface area contributed by atoms with E-state index in [2.05, 4.69) is 26.9 Å². The van der Waals surface area contributed by atoms with Gasteiger partial charge in [-0.25, -0.2) is 9.59 Å². The van der Waals surface area contributed by atoms with E-state index < -0.39 is 31.8 Å². The maximum absolute atomic E-state index is 12.8. The molecule has 7 nitrogen and oxygen atoms in total. The maximum Gasteiger partial charge on any atom is 0.410 e. The van der Waals surface area contributed by atoms with Gasteiger partial charge in [0.25, 0.3) is 0 Å². The molecule has 2 saturated heterocycles. The Bertz CT molecular complexity index is 643. The summed E-state index contributed by atoms with van der Waals surface area (Å²) in [5, 5.41) is 9.76. The topological polar surface area (TPSA) is 87.2 Å². The zero-order chi connectivity index (χ0) is 22.1. The molecule has 2 rings (SSSR count). The Kier molecular flexibility index (Phi) is 7.08. The normalized spacial score (nSPS) is 25.8. The molecule has 0 radical (unpaired) electrons. The predicted molar refractivity (Wildman–Crippen MR) is 114 cm³/mol. The van der Waals surface area contributed by atoms with E-state index in [1.165, 1.54) is 0 Å². The number of ether oxygens (including phenoxy) is 1. The Morgan fingerprint density at radius 1 is 1.24 bits per heavy atom. The third-order valence-electron chi connectivity index (χ3n) is 6.56. The van der Waals surface area contributed by atoms with Crippen molar-refractivity contribution in [1.29, 1.82) is 0 Å². The number of piperidine rings is 1. The predicted octanol–water partition coefficient (Wildman–Crippen LogP) is 3.94. The third kappa shape index (κ3) is 5.32. The molecule has 2 fully saturated rings. The lowest BCUT2D eigenvalue weighted by molar-refractivity contribution is -0.164. The van der Waals surface area contributed by atoms with Crippen LogP contribution in [0.4, 0.5) is 4.79 Å². The Hall–Kier alpha value is -1.57. The first-order chi connectivity index (χ1) is 13.3. The minimum absolute atomic E-state index is 0.00238. The average molecular weight is 427 g/mol. The molecule has 1 N–H and O–H groups in total. The van der Waals surface area contributed by atoms with Crippen molar-refractivity contribution in [2.75, 3.05) is 13.1 Å². The molecular weight excluding hydrogens is 388 g/mol. The van der Waals surface area contributed by atoms with Gasteiger partial charge < -0.3 is 19.3 Å². The van der Waals surface area contributed by atoms with Gasteiger partial charge >= 0.3 is 12.1 Å². The van der Waals surface area contributed by atoms with Crippen molar-refractivity contribution in [1.82, 2.24) is 9.47 Å². The fourth-order valence-corrected chi connectivity index (χ4v) is 6.54. The number of rotatable bonds is 6. The lowest BCUT2D eigenvalue weighted by Crippen LogP contribution is -2.73. The lowest BCUT2D eigenvalue weighted by Gasteiger charge is -2.54. The smallest absolute Gasteiger partial charge is 0.410 e. The van der Waals surface area contributed by atoms with Crippen LogP contribution in [-0.2, 0) is 14.3 Å². The van der Waals surface area contributed by atoms with Crippen LogP contribution in [-0.4, -0.2) is 65.5 Å². The number of nitrogens with zero attached hydrogens (tertiary/aromatic N) is 2. The van der Waals surface area contributed by atoms with Crippen molar-refractivity contribution >= 4 is 26.2 Å². The zero-order valence-corrected chi connectivity index (χ0v) is 20.0.